The largest absolute Gasteiger partial charge is 0.508 e. The van der Waals surface area contributed by atoms with Gasteiger partial charge in [-0.3, -0.25) is 9.69 Å². The number of nitrogens with zero attached hydrogens (tertiary/aromatic N) is 4. The number of hydrogen-bond donors (Lipinski definition) is 2. The average Bonchev–Trinajstić information content (AvgIpc) is 3.66. The maximum absolute atomic E-state index is 13.2. The smallest absolute Gasteiger partial charge is 0.230 e. The molecule has 0 radical (unpaired) electrons. The first-order valence-corrected chi connectivity index (χ1v) is 12.6. The van der Waals surface area contributed by atoms with E-state index in [-0.39, 0.29) is 24.1 Å². The van der Waals surface area contributed by atoms with Crippen LogP contribution >= 0.6 is 0 Å². The van der Waals surface area contributed by atoms with Crippen molar-refractivity contribution < 1.29 is 15.0 Å². The number of carbonyl (C=O) groups is 1. The van der Waals surface area contributed by atoms with Gasteiger partial charge in [0.2, 0.25) is 5.91 Å². The molecule has 1 saturated carbocycles. The zero-order chi connectivity index (χ0) is 23.9. The van der Waals surface area contributed by atoms with E-state index in [9.17, 15) is 15.0 Å². The second-order valence-electron chi connectivity index (χ2n) is 10.6. The standard InChI is InChI=1S/C27H36N4O3/c1-19-4-7-22(32)16-23(19)26-8-13-30(25(33)17-24-28-11-3-12-29-24)15-10-27(26,34)20(2)31(14-9-26)18-21-5-6-21/h3-4,7,11-12,16,20-21,32,34H,5-6,8-10,13-15,17-18H2,1-2H3. The number of piperidine rings is 1. The van der Waals surface area contributed by atoms with E-state index in [0.717, 1.165) is 36.6 Å². The number of likely N-dealkylation sites (tertiary alicyclic amines) is 2. The third-order valence-corrected chi connectivity index (χ3v) is 8.67. The van der Waals surface area contributed by atoms with Crippen LogP contribution in [-0.4, -0.2) is 73.7 Å². The minimum Gasteiger partial charge on any atom is -0.508 e. The normalized spacial score (nSPS) is 30.0. The summed E-state index contributed by atoms with van der Waals surface area (Å²) in [7, 11) is 0. The molecule has 7 nitrogen and oxygen atoms in total. The summed E-state index contributed by atoms with van der Waals surface area (Å²) in [4.78, 5) is 26.0. The minimum absolute atomic E-state index is 0.00119. The van der Waals surface area contributed by atoms with E-state index >= 15 is 0 Å². The highest BCUT2D eigenvalue weighted by atomic mass is 16.3. The summed E-state index contributed by atoms with van der Waals surface area (Å²) in [5.41, 5.74) is 0.579. The van der Waals surface area contributed by atoms with Crippen LogP contribution in [0.4, 0.5) is 0 Å². The molecule has 3 fully saturated rings. The topological polar surface area (TPSA) is 89.8 Å². The molecule has 3 atom stereocenters. The highest BCUT2D eigenvalue weighted by molar-refractivity contribution is 5.78. The maximum Gasteiger partial charge on any atom is 0.230 e. The number of benzene rings is 1. The molecule has 2 aromatic rings. The number of hydrogen-bond acceptors (Lipinski definition) is 6. The van der Waals surface area contributed by atoms with Gasteiger partial charge >= 0.3 is 0 Å². The van der Waals surface area contributed by atoms with Crippen molar-refractivity contribution in [1.82, 2.24) is 19.8 Å². The molecule has 5 rings (SSSR count). The molecule has 0 bridgehead atoms. The van der Waals surface area contributed by atoms with Crippen LogP contribution in [0, 0.1) is 12.8 Å². The van der Waals surface area contributed by atoms with Crippen LogP contribution in [0.2, 0.25) is 0 Å². The summed E-state index contributed by atoms with van der Waals surface area (Å²) in [6.45, 7) is 7.24. The zero-order valence-electron chi connectivity index (χ0n) is 20.3. The van der Waals surface area contributed by atoms with Gasteiger partial charge < -0.3 is 15.1 Å². The lowest BCUT2D eigenvalue weighted by molar-refractivity contribution is -0.137. The molecule has 1 aromatic heterocycles. The van der Waals surface area contributed by atoms with Crippen LogP contribution in [0.15, 0.2) is 36.7 Å². The summed E-state index contributed by atoms with van der Waals surface area (Å²) >= 11 is 0. The van der Waals surface area contributed by atoms with Gasteiger partial charge in [0.05, 0.1) is 12.0 Å². The van der Waals surface area contributed by atoms with Crippen molar-refractivity contribution in [1.29, 1.82) is 0 Å². The molecule has 3 unspecified atom stereocenters. The van der Waals surface area contributed by atoms with Crippen molar-refractivity contribution in [2.75, 3.05) is 26.2 Å². The van der Waals surface area contributed by atoms with Gasteiger partial charge in [0.1, 0.15) is 11.6 Å². The summed E-state index contributed by atoms with van der Waals surface area (Å²) in [5, 5.41) is 23.0. The maximum atomic E-state index is 13.2. The number of amides is 1. The lowest BCUT2D eigenvalue weighted by Gasteiger charge is -2.57. The molecular weight excluding hydrogens is 428 g/mol. The fourth-order valence-corrected chi connectivity index (χ4v) is 6.41. The fourth-order valence-electron chi connectivity index (χ4n) is 6.41. The molecule has 0 spiro atoms. The van der Waals surface area contributed by atoms with E-state index in [1.54, 1.807) is 24.5 Å². The third-order valence-electron chi connectivity index (χ3n) is 8.67. The Morgan fingerprint density at radius 1 is 1.12 bits per heavy atom. The van der Waals surface area contributed by atoms with Crippen LogP contribution in [0.1, 0.15) is 56.0 Å². The van der Waals surface area contributed by atoms with Crippen molar-refractivity contribution in [2.45, 2.75) is 69.4 Å². The number of fused-ring (bicyclic) bond motifs is 1. The third kappa shape index (κ3) is 4.09. The second-order valence-corrected chi connectivity index (χ2v) is 10.6. The van der Waals surface area contributed by atoms with Crippen molar-refractivity contribution in [3.05, 3.63) is 53.6 Å². The highest BCUT2D eigenvalue weighted by Crippen LogP contribution is 2.53. The first-order chi connectivity index (χ1) is 16.3. The van der Waals surface area contributed by atoms with Crippen molar-refractivity contribution in [2.24, 2.45) is 5.92 Å². The Kier molecular flexibility index (Phi) is 6.10. The van der Waals surface area contributed by atoms with Gasteiger partial charge in [0, 0.05) is 43.5 Å². The molecule has 1 aromatic carbocycles. The molecule has 182 valence electrons. The molecular formula is C27H36N4O3. The summed E-state index contributed by atoms with van der Waals surface area (Å²) in [5.74, 6) is 1.49. The van der Waals surface area contributed by atoms with Crippen LogP contribution in [0.3, 0.4) is 0 Å². The fraction of sp³-hybridized carbons (Fsp3) is 0.593. The number of carbonyl (C=O) groups excluding carboxylic acids is 1. The number of aromatic nitrogens is 2. The molecule has 3 heterocycles. The van der Waals surface area contributed by atoms with E-state index < -0.39 is 11.0 Å². The predicted octanol–water partition coefficient (Wildman–Crippen LogP) is 2.83. The molecule has 2 aliphatic heterocycles. The molecule has 7 heteroatoms. The molecule has 2 N–H and O–H groups in total. The Labute approximate surface area is 201 Å². The SMILES string of the molecule is Cc1ccc(O)cc1C12CCN(C(=O)Cc3ncccn3)CCC1(O)C(C)N(CC1CC1)CC2. The quantitative estimate of drug-likeness (QED) is 0.707. The number of aliphatic hydroxyl groups is 1. The summed E-state index contributed by atoms with van der Waals surface area (Å²) in [6.07, 6.45) is 8.03. The predicted molar refractivity (Wildman–Crippen MR) is 129 cm³/mol. The van der Waals surface area contributed by atoms with E-state index in [1.165, 1.54) is 12.8 Å². The number of aryl methyl sites for hydroxylation is 1. The highest BCUT2D eigenvalue weighted by Gasteiger charge is 2.59. The van der Waals surface area contributed by atoms with Crippen LogP contribution < -0.4 is 0 Å². The molecule has 1 amide bonds. The van der Waals surface area contributed by atoms with Crippen molar-refractivity contribution >= 4 is 5.91 Å². The van der Waals surface area contributed by atoms with Gasteiger partial charge in [0.15, 0.2) is 0 Å². The Morgan fingerprint density at radius 3 is 2.56 bits per heavy atom. The lowest BCUT2D eigenvalue weighted by Crippen LogP contribution is -2.68. The number of phenols is 1. The second kappa shape index (κ2) is 8.93. The van der Waals surface area contributed by atoms with E-state index in [1.807, 2.05) is 17.0 Å². The average molecular weight is 465 g/mol. The minimum atomic E-state index is -1.00. The summed E-state index contributed by atoms with van der Waals surface area (Å²) in [6, 6.07) is 7.22. The lowest BCUT2D eigenvalue weighted by atomic mass is 9.57. The number of aromatic hydroxyl groups is 1. The van der Waals surface area contributed by atoms with Gasteiger partial charge in [-0.1, -0.05) is 6.07 Å². The summed E-state index contributed by atoms with van der Waals surface area (Å²) < 4.78 is 0. The van der Waals surface area contributed by atoms with E-state index in [4.69, 9.17) is 0 Å². The number of rotatable bonds is 5. The Balaban J connectivity index is 1.48. The van der Waals surface area contributed by atoms with Crippen LogP contribution in [0.25, 0.3) is 0 Å². The number of phenolic OH excluding ortho intramolecular Hbond substituents is 1. The van der Waals surface area contributed by atoms with Gasteiger partial charge in [-0.2, -0.15) is 0 Å². The Morgan fingerprint density at radius 2 is 1.82 bits per heavy atom. The molecule has 3 aliphatic rings. The van der Waals surface area contributed by atoms with Gasteiger partial charge in [-0.05, 0) is 87.7 Å². The van der Waals surface area contributed by atoms with Crippen molar-refractivity contribution in [3.8, 4) is 5.75 Å². The molecule has 1 aliphatic carbocycles. The van der Waals surface area contributed by atoms with Crippen LogP contribution in [-0.2, 0) is 16.6 Å². The van der Waals surface area contributed by atoms with Crippen LogP contribution in [0.5, 0.6) is 5.75 Å². The Hall–Kier alpha value is -2.51. The van der Waals surface area contributed by atoms with E-state index in [0.29, 0.717) is 31.8 Å². The van der Waals surface area contributed by atoms with Gasteiger partial charge in [-0.15, -0.1) is 0 Å². The monoisotopic (exact) mass is 464 g/mol. The Bertz CT molecular complexity index is 1040. The first kappa shape index (κ1) is 23.2. The molecule has 2 saturated heterocycles. The zero-order valence-corrected chi connectivity index (χ0v) is 20.3. The van der Waals surface area contributed by atoms with Crippen molar-refractivity contribution in [3.63, 3.8) is 0 Å². The van der Waals surface area contributed by atoms with Gasteiger partial charge in [0.25, 0.3) is 0 Å². The van der Waals surface area contributed by atoms with Gasteiger partial charge in [-0.25, -0.2) is 9.97 Å². The molecule has 34 heavy (non-hydrogen) atoms. The first-order valence-electron chi connectivity index (χ1n) is 12.6. The van der Waals surface area contributed by atoms with E-state index in [2.05, 4.69) is 28.7 Å².